The van der Waals surface area contributed by atoms with Gasteiger partial charge >= 0.3 is 0 Å². The fourth-order valence-corrected chi connectivity index (χ4v) is 3.94. The van der Waals surface area contributed by atoms with Crippen LogP contribution in [0.1, 0.15) is 11.1 Å². The Balaban J connectivity index is 1.62. The van der Waals surface area contributed by atoms with Crippen LogP contribution in [0.4, 0.5) is 15.9 Å². The van der Waals surface area contributed by atoms with Crippen molar-refractivity contribution in [3.05, 3.63) is 59.4 Å². The molecule has 0 atom stereocenters. The molecule has 5 nitrogen and oxygen atoms in total. The largest absolute Gasteiger partial charge is 0.495 e. The summed E-state index contributed by atoms with van der Waals surface area (Å²) >= 11 is 0. The summed E-state index contributed by atoms with van der Waals surface area (Å²) in [5, 5.41) is 10.6. The second kappa shape index (κ2) is 7.64. The molecule has 0 spiro atoms. The highest BCUT2D eigenvalue weighted by Gasteiger charge is 2.23. The van der Waals surface area contributed by atoms with Crippen LogP contribution in [-0.4, -0.2) is 43.4 Å². The predicted octanol–water partition coefficient (Wildman–Crippen LogP) is 3.51. The molecule has 1 fully saturated rings. The minimum Gasteiger partial charge on any atom is -0.495 e. The lowest BCUT2D eigenvalue weighted by molar-refractivity contribution is 0.282. The first-order valence-corrected chi connectivity index (χ1v) is 9.45. The maximum Gasteiger partial charge on any atom is 0.142 e. The predicted molar refractivity (Wildman–Crippen MR) is 110 cm³/mol. The Morgan fingerprint density at radius 3 is 2.50 bits per heavy atom. The van der Waals surface area contributed by atoms with E-state index in [1.165, 1.54) is 12.1 Å². The van der Waals surface area contributed by atoms with E-state index in [0.717, 1.165) is 54.6 Å². The van der Waals surface area contributed by atoms with Crippen LogP contribution < -0.4 is 14.5 Å². The molecule has 0 aliphatic carbocycles. The number of halogens is 1. The number of benzene rings is 2. The first-order valence-electron chi connectivity index (χ1n) is 9.45. The molecule has 1 aliphatic heterocycles. The summed E-state index contributed by atoms with van der Waals surface area (Å²) in [6.45, 7) is 5.12. The minimum absolute atomic E-state index is 0.136. The third kappa shape index (κ3) is 3.24. The highest BCUT2D eigenvalue weighted by molar-refractivity contribution is 5.86. The molecule has 146 valence electrons. The summed E-state index contributed by atoms with van der Waals surface area (Å²) in [4.78, 5) is 9.34. The highest BCUT2D eigenvalue weighted by atomic mass is 19.1. The molecule has 0 radical (unpaired) electrons. The van der Waals surface area contributed by atoms with Crippen molar-refractivity contribution in [1.29, 1.82) is 0 Å². The Morgan fingerprint density at radius 2 is 1.79 bits per heavy atom. The van der Waals surface area contributed by atoms with Gasteiger partial charge in [-0.1, -0.05) is 12.1 Å². The van der Waals surface area contributed by atoms with Crippen molar-refractivity contribution >= 4 is 22.4 Å². The Bertz CT molecular complexity index is 1000. The lowest BCUT2D eigenvalue weighted by Crippen LogP contribution is -2.47. The fraction of sp³-hybridized carbons (Fsp3) is 0.318. The number of methoxy groups -OCH3 is 1. The zero-order valence-electron chi connectivity index (χ0n) is 16.2. The van der Waals surface area contributed by atoms with E-state index in [4.69, 9.17) is 9.72 Å². The number of aromatic nitrogens is 1. The van der Waals surface area contributed by atoms with Crippen molar-refractivity contribution in [2.75, 3.05) is 43.1 Å². The minimum atomic E-state index is -0.318. The molecular formula is C22H24FN3O2. The van der Waals surface area contributed by atoms with Crippen LogP contribution in [0.25, 0.3) is 10.9 Å². The van der Waals surface area contributed by atoms with Crippen LogP contribution in [0.5, 0.6) is 5.75 Å². The average molecular weight is 381 g/mol. The fourth-order valence-electron chi connectivity index (χ4n) is 3.94. The third-order valence-electron chi connectivity index (χ3n) is 5.46. The van der Waals surface area contributed by atoms with Gasteiger partial charge in [0.2, 0.25) is 0 Å². The van der Waals surface area contributed by atoms with Gasteiger partial charge in [-0.2, -0.15) is 0 Å². The number of aliphatic hydroxyl groups is 1. The van der Waals surface area contributed by atoms with Gasteiger partial charge in [0.15, 0.2) is 0 Å². The summed E-state index contributed by atoms with van der Waals surface area (Å²) in [6.07, 6.45) is 0. The number of ether oxygens (including phenoxy) is 1. The number of hydrogen-bond acceptors (Lipinski definition) is 5. The molecule has 1 saturated heterocycles. The number of fused-ring (bicyclic) bond motifs is 1. The second-order valence-electron chi connectivity index (χ2n) is 7.00. The van der Waals surface area contributed by atoms with Gasteiger partial charge in [-0.25, -0.2) is 9.37 Å². The van der Waals surface area contributed by atoms with Gasteiger partial charge in [-0.3, -0.25) is 0 Å². The number of rotatable bonds is 4. The van der Waals surface area contributed by atoms with Crippen molar-refractivity contribution in [2.45, 2.75) is 13.5 Å². The topological polar surface area (TPSA) is 48.8 Å². The molecule has 0 bridgehead atoms. The molecule has 2 heterocycles. The van der Waals surface area contributed by atoms with Crippen LogP contribution >= 0.6 is 0 Å². The van der Waals surface area contributed by atoms with Crippen molar-refractivity contribution < 1.29 is 14.2 Å². The third-order valence-corrected chi connectivity index (χ3v) is 5.46. The quantitative estimate of drug-likeness (QED) is 0.750. The van der Waals surface area contributed by atoms with E-state index < -0.39 is 0 Å². The zero-order chi connectivity index (χ0) is 19.7. The maximum atomic E-state index is 13.7. The van der Waals surface area contributed by atoms with E-state index in [2.05, 4.69) is 15.9 Å². The van der Waals surface area contributed by atoms with Crippen molar-refractivity contribution in [2.24, 2.45) is 0 Å². The SMILES string of the molecule is COc1ccccc1N1CCN(c2nc3ccc(F)cc3c(CO)c2C)CC1. The van der Waals surface area contributed by atoms with Gasteiger partial charge in [-0.15, -0.1) is 0 Å². The van der Waals surface area contributed by atoms with Crippen LogP contribution in [0.3, 0.4) is 0 Å². The molecule has 1 aliphatic rings. The molecule has 0 unspecified atom stereocenters. The standard InChI is InChI=1S/C22H24FN3O2/c1-15-18(14-27)17-13-16(23)7-8-19(17)24-22(15)26-11-9-25(10-12-26)20-5-3-4-6-21(20)28-2/h3-8,13,27H,9-12,14H2,1-2H3. The number of para-hydroxylation sites is 2. The molecule has 6 heteroatoms. The number of nitrogens with zero attached hydrogens (tertiary/aromatic N) is 3. The Hall–Kier alpha value is -2.86. The molecule has 4 rings (SSSR count). The van der Waals surface area contributed by atoms with Gasteiger partial charge in [0.25, 0.3) is 0 Å². The second-order valence-corrected chi connectivity index (χ2v) is 7.00. The molecule has 3 aromatic rings. The van der Waals surface area contributed by atoms with Gasteiger partial charge in [0.05, 0.1) is 24.9 Å². The Labute approximate surface area is 164 Å². The highest BCUT2D eigenvalue weighted by Crippen LogP contribution is 2.32. The van der Waals surface area contributed by atoms with E-state index in [1.807, 2.05) is 25.1 Å². The summed E-state index contributed by atoms with van der Waals surface area (Å²) in [6, 6.07) is 12.6. The van der Waals surface area contributed by atoms with Gasteiger partial charge < -0.3 is 19.6 Å². The maximum absolute atomic E-state index is 13.7. The lowest BCUT2D eigenvalue weighted by atomic mass is 10.0. The van der Waals surface area contributed by atoms with Gasteiger partial charge in [-0.05, 0) is 48.4 Å². The molecular weight excluding hydrogens is 357 g/mol. The number of piperazine rings is 1. The number of anilines is 2. The normalized spacial score (nSPS) is 14.6. The van der Waals surface area contributed by atoms with E-state index in [1.54, 1.807) is 13.2 Å². The molecule has 28 heavy (non-hydrogen) atoms. The summed E-state index contributed by atoms with van der Waals surface area (Å²) < 4.78 is 19.2. The number of pyridine rings is 1. The first-order chi connectivity index (χ1) is 13.6. The zero-order valence-corrected chi connectivity index (χ0v) is 16.2. The first kappa shape index (κ1) is 18.5. The monoisotopic (exact) mass is 381 g/mol. The number of hydrogen-bond donors (Lipinski definition) is 1. The summed E-state index contributed by atoms with van der Waals surface area (Å²) in [7, 11) is 1.69. The smallest absolute Gasteiger partial charge is 0.142 e. The van der Waals surface area contributed by atoms with E-state index in [0.29, 0.717) is 10.9 Å². The Kier molecular flexibility index (Phi) is 5.05. The van der Waals surface area contributed by atoms with Crippen molar-refractivity contribution in [1.82, 2.24) is 4.98 Å². The average Bonchev–Trinajstić information content (AvgIpc) is 2.73. The van der Waals surface area contributed by atoms with E-state index in [-0.39, 0.29) is 12.4 Å². The molecule has 0 saturated carbocycles. The number of aliphatic hydroxyl groups excluding tert-OH is 1. The Morgan fingerprint density at radius 1 is 1.07 bits per heavy atom. The van der Waals surface area contributed by atoms with Crippen LogP contribution in [0, 0.1) is 12.7 Å². The summed E-state index contributed by atoms with van der Waals surface area (Å²) in [5.74, 6) is 1.42. The van der Waals surface area contributed by atoms with E-state index in [9.17, 15) is 9.50 Å². The van der Waals surface area contributed by atoms with Crippen LogP contribution in [0.2, 0.25) is 0 Å². The van der Waals surface area contributed by atoms with Crippen molar-refractivity contribution in [3.8, 4) is 5.75 Å². The molecule has 1 aromatic heterocycles. The molecule has 0 amide bonds. The van der Waals surface area contributed by atoms with Gasteiger partial charge in [0.1, 0.15) is 17.4 Å². The van der Waals surface area contributed by atoms with Gasteiger partial charge in [0, 0.05) is 31.6 Å². The molecule has 1 N–H and O–H groups in total. The van der Waals surface area contributed by atoms with E-state index >= 15 is 0 Å². The van der Waals surface area contributed by atoms with Crippen molar-refractivity contribution in [3.63, 3.8) is 0 Å². The lowest BCUT2D eigenvalue weighted by Gasteiger charge is -2.38. The van der Waals surface area contributed by atoms with Crippen LogP contribution in [-0.2, 0) is 6.61 Å². The summed E-state index contributed by atoms with van der Waals surface area (Å²) in [5.41, 5.74) is 3.45. The van der Waals surface area contributed by atoms with Crippen LogP contribution in [0.15, 0.2) is 42.5 Å². The molecule has 2 aromatic carbocycles.